The van der Waals surface area contributed by atoms with Crippen LogP contribution in [0.5, 0.6) is 0 Å². The first-order valence-corrected chi connectivity index (χ1v) is 6.46. The summed E-state index contributed by atoms with van der Waals surface area (Å²) in [5.74, 6) is 0.969. The lowest BCUT2D eigenvalue weighted by molar-refractivity contribution is 0.0677. The van der Waals surface area contributed by atoms with E-state index >= 15 is 0 Å². The molecule has 2 aromatic rings. The van der Waals surface area contributed by atoms with Gasteiger partial charge in [-0.2, -0.15) is 0 Å². The van der Waals surface area contributed by atoms with Gasteiger partial charge in [0.25, 0.3) is 0 Å². The lowest BCUT2D eigenvalue weighted by atomic mass is 10.2. The number of ether oxygens (including phenoxy) is 1. The first kappa shape index (κ1) is 13.3. The number of hydrogen-bond acceptors (Lipinski definition) is 3. The molecule has 0 saturated carbocycles. The summed E-state index contributed by atoms with van der Waals surface area (Å²) < 4.78 is 7.61. The molecule has 0 aliphatic carbocycles. The van der Waals surface area contributed by atoms with Crippen molar-refractivity contribution in [2.24, 2.45) is 12.8 Å². The molecule has 0 fully saturated rings. The van der Waals surface area contributed by atoms with Gasteiger partial charge in [0.2, 0.25) is 0 Å². The van der Waals surface area contributed by atoms with Crippen LogP contribution in [0.1, 0.15) is 12.7 Å². The van der Waals surface area contributed by atoms with Crippen LogP contribution in [0.4, 0.5) is 0 Å². The van der Waals surface area contributed by atoms with Crippen LogP contribution in [0.2, 0.25) is 5.02 Å². The Bertz CT molecular complexity index is 538. The first-order valence-electron chi connectivity index (χ1n) is 6.08. The van der Waals surface area contributed by atoms with Crippen LogP contribution in [-0.4, -0.2) is 28.8 Å². The fourth-order valence-corrected chi connectivity index (χ4v) is 2.21. The maximum atomic E-state index is 6.00. The van der Waals surface area contributed by atoms with Crippen molar-refractivity contribution in [3.05, 3.63) is 29.0 Å². The van der Waals surface area contributed by atoms with Crippen LogP contribution < -0.4 is 5.73 Å². The third-order valence-electron chi connectivity index (χ3n) is 3.01. The van der Waals surface area contributed by atoms with E-state index in [-0.39, 0.29) is 6.10 Å². The second-order valence-corrected chi connectivity index (χ2v) is 4.67. The molecule has 0 amide bonds. The highest BCUT2D eigenvalue weighted by Gasteiger charge is 2.13. The highest BCUT2D eigenvalue weighted by molar-refractivity contribution is 6.31. The van der Waals surface area contributed by atoms with Crippen molar-refractivity contribution in [2.75, 3.05) is 13.2 Å². The van der Waals surface area contributed by atoms with Gasteiger partial charge >= 0.3 is 0 Å². The summed E-state index contributed by atoms with van der Waals surface area (Å²) in [5, 5.41) is 0.720. The van der Waals surface area contributed by atoms with E-state index in [0.717, 1.165) is 21.9 Å². The van der Waals surface area contributed by atoms with Crippen molar-refractivity contribution < 1.29 is 4.74 Å². The fourth-order valence-electron chi connectivity index (χ4n) is 2.05. The third-order valence-corrected chi connectivity index (χ3v) is 3.25. The molecule has 1 atom stereocenters. The van der Waals surface area contributed by atoms with Gasteiger partial charge in [0, 0.05) is 31.6 Å². The van der Waals surface area contributed by atoms with Crippen molar-refractivity contribution >= 4 is 22.6 Å². The van der Waals surface area contributed by atoms with Crippen molar-refractivity contribution in [1.82, 2.24) is 9.55 Å². The van der Waals surface area contributed by atoms with Crippen LogP contribution in [-0.2, 0) is 18.2 Å². The largest absolute Gasteiger partial charge is 0.377 e. The van der Waals surface area contributed by atoms with Crippen LogP contribution in [0, 0.1) is 0 Å². The second-order valence-electron chi connectivity index (χ2n) is 4.24. The molecule has 4 nitrogen and oxygen atoms in total. The Morgan fingerprint density at radius 2 is 2.28 bits per heavy atom. The Hall–Kier alpha value is -1.10. The Balaban J connectivity index is 2.31. The number of nitrogens with zero attached hydrogens (tertiary/aromatic N) is 2. The molecule has 2 rings (SSSR count). The zero-order valence-corrected chi connectivity index (χ0v) is 11.4. The van der Waals surface area contributed by atoms with Gasteiger partial charge in [0.15, 0.2) is 0 Å². The molecule has 1 heterocycles. The van der Waals surface area contributed by atoms with Crippen LogP contribution in [0.25, 0.3) is 11.0 Å². The predicted octanol–water partition coefficient (Wildman–Crippen LogP) is 2.13. The summed E-state index contributed by atoms with van der Waals surface area (Å²) in [5.41, 5.74) is 7.67. The molecule has 2 N–H and O–H groups in total. The van der Waals surface area contributed by atoms with Gasteiger partial charge < -0.3 is 15.0 Å². The predicted molar refractivity (Wildman–Crippen MR) is 73.9 cm³/mol. The molecule has 0 bridgehead atoms. The molecule has 1 unspecified atom stereocenters. The number of imidazole rings is 1. The molecule has 0 spiro atoms. The number of nitrogens with two attached hydrogens (primary N) is 1. The van der Waals surface area contributed by atoms with Crippen LogP contribution in [0.3, 0.4) is 0 Å². The smallest absolute Gasteiger partial charge is 0.112 e. The summed E-state index contributed by atoms with van der Waals surface area (Å²) in [4.78, 5) is 4.59. The molecule has 0 aliphatic heterocycles. The highest BCUT2D eigenvalue weighted by Crippen LogP contribution is 2.20. The minimum absolute atomic E-state index is 0.0148. The number of aryl methyl sites for hydroxylation is 1. The quantitative estimate of drug-likeness (QED) is 0.903. The number of benzene rings is 1. The SMILES string of the molecule is CCOC(CN)Cc1nc2ccc(Cl)cc2n1C. The van der Waals surface area contributed by atoms with Crippen LogP contribution in [0.15, 0.2) is 18.2 Å². The van der Waals surface area contributed by atoms with E-state index in [9.17, 15) is 0 Å². The Labute approximate surface area is 112 Å². The van der Waals surface area contributed by atoms with Gasteiger partial charge in [-0.25, -0.2) is 4.98 Å². The second kappa shape index (κ2) is 5.69. The normalized spacial score (nSPS) is 13.1. The average Bonchev–Trinajstić information content (AvgIpc) is 2.66. The molecule has 0 radical (unpaired) electrons. The zero-order chi connectivity index (χ0) is 13.1. The molecular formula is C13H18ClN3O. The molecule has 5 heteroatoms. The summed E-state index contributed by atoms with van der Waals surface area (Å²) in [6.45, 7) is 3.13. The summed E-state index contributed by atoms with van der Waals surface area (Å²) >= 11 is 6.00. The molecule has 98 valence electrons. The summed E-state index contributed by atoms with van der Waals surface area (Å²) in [7, 11) is 1.99. The maximum Gasteiger partial charge on any atom is 0.112 e. The number of halogens is 1. The fraction of sp³-hybridized carbons (Fsp3) is 0.462. The van der Waals surface area contributed by atoms with Gasteiger partial charge in [-0.05, 0) is 25.1 Å². The molecular weight excluding hydrogens is 250 g/mol. The van der Waals surface area contributed by atoms with E-state index in [2.05, 4.69) is 4.98 Å². The van der Waals surface area contributed by atoms with Crippen molar-refractivity contribution in [1.29, 1.82) is 0 Å². The van der Waals surface area contributed by atoms with Gasteiger partial charge in [-0.1, -0.05) is 11.6 Å². The molecule has 1 aromatic heterocycles. The van der Waals surface area contributed by atoms with Crippen molar-refractivity contribution in [3.63, 3.8) is 0 Å². The number of aromatic nitrogens is 2. The summed E-state index contributed by atoms with van der Waals surface area (Å²) in [6, 6.07) is 5.70. The maximum absolute atomic E-state index is 6.00. The lowest BCUT2D eigenvalue weighted by Crippen LogP contribution is -2.27. The van der Waals surface area contributed by atoms with Gasteiger partial charge in [0.1, 0.15) is 5.82 Å². The Kier molecular flexibility index (Phi) is 4.22. The first-order chi connectivity index (χ1) is 8.65. The molecule has 0 saturated heterocycles. The zero-order valence-electron chi connectivity index (χ0n) is 10.7. The minimum atomic E-state index is 0.0148. The Morgan fingerprint density at radius 1 is 1.50 bits per heavy atom. The number of hydrogen-bond donors (Lipinski definition) is 1. The third kappa shape index (κ3) is 2.66. The standard InChI is InChI=1S/C13H18ClN3O/c1-3-18-10(8-15)7-13-16-11-5-4-9(14)6-12(11)17(13)2/h4-6,10H,3,7-8,15H2,1-2H3. The Morgan fingerprint density at radius 3 is 2.94 bits per heavy atom. The van der Waals surface area contributed by atoms with Gasteiger partial charge in [-0.15, -0.1) is 0 Å². The van der Waals surface area contributed by atoms with Gasteiger partial charge in [-0.3, -0.25) is 0 Å². The minimum Gasteiger partial charge on any atom is -0.377 e. The van der Waals surface area contributed by atoms with Crippen molar-refractivity contribution in [2.45, 2.75) is 19.4 Å². The van der Waals surface area contributed by atoms with E-state index < -0.39 is 0 Å². The van der Waals surface area contributed by atoms with Gasteiger partial charge in [0.05, 0.1) is 17.1 Å². The van der Waals surface area contributed by atoms with E-state index in [0.29, 0.717) is 19.6 Å². The van der Waals surface area contributed by atoms with Crippen LogP contribution >= 0.6 is 11.6 Å². The van der Waals surface area contributed by atoms with E-state index in [4.69, 9.17) is 22.1 Å². The van der Waals surface area contributed by atoms with E-state index in [1.54, 1.807) is 0 Å². The monoisotopic (exact) mass is 267 g/mol. The number of fused-ring (bicyclic) bond motifs is 1. The van der Waals surface area contributed by atoms with Crippen molar-refractivity contribution in [3.8, 4) is 0 Å². The summed E-state index contributed by atoms with van der Waals surface area (Å²) in [6.07, 6.45) is 0.730. The topological polar surface area (TPSA) is 53.1 Å². The molecule has 0 aliphatic rings. The highest BCUT2D eigenvalue weighted by atomic mass is 35.5. The number of rotatable bonds is 5. The van der Waals surface area contributed by atoms with E-state index in [1.807, 2.05) is 36.7 Å². The average molecular weight is 268 g/mol. The molecule has 18 heavy (non-hydrogen) atoms. The van der Waals surface area contributed by atoms with E-state index in [1.165, 1.54) is 0 Å². The molecule has 1 aromatic carbocycles. The lowest BCUT2D eigenvalue weighted by Gasteiger charge is -2.14.